The Balaban J connectivity index is 2.85. The van der Waals surface area contributed by atoms with E-state index in [1.165, 1.54) is 18.2 Å². The Morgan fingerprint density at radius 2 is 2.00 bits per heavy atom. The van der Waals surface area contributed by atoms with Crippen molar-refractivity contribution in [3.8, 4) is 0 Å². The molecule has 1 aromatic rings. The summed E-state index contributed by atoms with van der Waals surface area (Å²) in [6, 6.07) is 3.15. The molecule has 1 atom stereocenters. The van der Waals surface area contributed by atoms with Crippen LogP contribution in [-0.2, 0) is 4.79 Å². The second-order valence-electron chi connectivity index (χ2n) is 3.20. The van der Waals surface area contributed by atoms with Crippen LogP contribution in [0.15, 0.2) is 18.2 Å². The normalized spacial score (nSPS) is 12.2. The molecule has 86 valence electrons. The third-order valence-electron chi connectivity index (χ3n) is 1.95. The third-order valence-corrected chi connectivity index (χ3v) is 2.50. The molecule has 1 aromatic carbocycles. The molecule has 0 fully saturated rings. The fourth-order valence-corrected chi connectivity index (χ4v) is 1.63. The van der Waals surface area contributed by atoms with Crippen LogP contribution >= 0.6 is 23.2 Å². The number of nitrogens with two attached hydrogens (primary N) is 1. The zero-order chi connectivity index (χ0) is 12.3. The van der Waals surface area contributed by atoms with Crippen molar-refractivity contribution in [2.24, 2.45) is 5.73 Å². The van der Waals surface area contributed by atoms with Gasteiger partial charge in [-0.3, -0.25) is 9.59 Å². The van der Waals surface area contributed by atoms with Gasteiger partial charge in [-0.05, 0) is 18.2 Å². The molecule has 0 heterocycles. The van der Waals surface area contributed by atoms with Gasteiger partial charge in [-0.15, -0.1) is 0 Å². The molecule has 0 spiro atoms. The number of carbonyl (C=O) groups excluding carboxylic acids is 1. The second kappa shape index (κ2) is 5.30. The van der Waals surface area contributed by atoms with Gasteiger partial charge in [-0.25, -0.2) is 0 Å². The third kappa shape index (κ3) is 3.20. The highest BCUT2D eigenvalue weighted by atomic mass is 35.5. The number of aliphatic carboxylic acids is 1. The van der Waals surface area contributed by atoms with E-state index in [2.05, 4.69) is 0 Å². The van der Waals surface area contributed by atoms with Crippen LogP contribution in [0, 0.1) is 0 Å². The molecule has 0 saturated carbocycles. The Labute approximate surface area is 102 Å². The molecule has 1 rings (SSSR count). The molecule has 1 unspecified atom stereocenters. The number of carbonyl (C=O) groups is 2. The summed E-state index contributed by atoms with van der Waals surface area (Å²) in [5.41, 5.74) is 5.47. The number of ketones is 1. The number of hydrogen-bond donors (Lipinski definition) is 2. The topological polar surface area (TPSA) is 80.4 Å². The summed E-state index contributed by atoms with van der Waals surface area (Å²) in [5.74, 6) is -1.64. The van der Waals surface area contributed by atoms with Gasteiger partial charge >= 0.3 is 5.97 Å². The van der Waals surface area contributed by atoms with Crippen LogP contribution in [0.2, 0.25) is 10.0 Å². The van der Waals surface area contributed by atoms with Crippen molar-refractivity contribution in [1.82, 2.24) is 0 Å². The van der Waals surface area contributed by atoms with Gasteiger partial charge in [0.15, 0.2) is 5.78 Å². The van der Waals surface area contributed by atoms with E-state index >= 15 is 0 Å². The van der Waals surface area contributed by atoms with Gasteiger partial charge in [0.05, 0.1) is 5.02 Å². The molecular weight excluding hydrogens is 253 g/mol. The Kier molecular flexibility index (Phi) is 4.29. The number of carboxylic acid groups (broad SMARTS) is 1. The molecule has 3 N–H and O–H groups in total. The van der Waals surface area contributed by atoms with Crippen molar-refractivity contribution in [3.05, 3.63) is 33.8 Å². The van der Waals surface area contributed by atoms with Crippen LogP contribution in [0.3, 0.4) is 0 Å². The highest BCUT2D eigenvalue weighted by Crippen LogP contribution is 2.22. The van der Waals surface area contributed by atoms with Crippen molar-refractivity contribution in [2.75, 3.05) is 0 Å². The van der Waals surface area contributed by atoms with Gasteiger partial charge in [-0.1, -0.05) is 23.2 Å². The van der Waals surface area contributed by atoms with E-state index in [1.807, 2.05) is 0 Å². The second-order valence-corrected chi connectivity index (χ2v) is 4.04. The molecule has 0 aliphatic carbocycles. The zero-order valence-corrected chi connectivity index (χ0v) is 9.63. The summed E-state index contributed by atoms with van der Waals surface area (Å²) in [7, 11) is 0. The maximum atomic E-state index is 11.6. The molecule has 0 bridgehead atoms. The zero-order valence-electron chi connectivity index (χ0n) is 8.11. The van der Waals surface area contributed by atoms with E-state index in [4.69, 9.17) is 34.0 Å². The smallest absolute Gasteiger partial charge is 0.320 e. The number of benzene rings is 1. The SMILES string of the molecule is NC(CC(=O)c1ccc(Cl)cc1Cl)C(=O)O. The van der Waals surface area contributed by atoms with E-state index in [0.29, 0.717) is 5.02 Å². The molecule has 0 aliphatic rings. The Bertz CT molecular complexity index is 434. The lowest BCUT2D eigenvalue weighted by atomic mass is 10.0. The summed E-state index contributed by atoms with van der Waals surface area (Å²) in [6.07, 6.45) is -0.295. The first kappa shape index (κ1) is 13.0. The van der Waals surface area contributed by atoms with Gasteiger partial charge in [0.1, 0.15) is 6.04 Å². The summed E-state index contributed by atoms with van der Waals surface area (Å²) in [4.78, 5) is 22.1. The van der Waals surface area contributed by atoms with E-state index < -0.39 is 17.8 Å². The minimum Gasteiger partial charge on any atom is -0.480 e. The molecule has 0 aliphatic heterocycles. The van der Waals surface area contributed by atoms with Crippen LogP contribution in [0.25, 0.3) is 0 Å². The lowest BCUT2D eigenvalue weighted by molar-refractivity contribution is -0.138. The lowest BCUT2D eigenvalue weighted by Gasteiger charge is -2.07. The number of carboxylic acids is 1. The van der Waals surface area contributed by atoms with Crippen LogP contribution < -0.4 is 5.73 Å². The minimum atomic E-state index is -1.22. The van der Waals surface area contributed by atoms with Crippen molar-refractivity contribution < 1.29 is 14.7 Å². The number of Topliss-reactive ketones (excluding diaryl/α,β-unsaturated/α-hetero) is 1. The van der Waals surface area contributed by atoms with Gasteiger partial charge in [-0.2, -0.15) is 0 Å². The number of rotatable bonds is 4. The maximum Gasteiger partial charge on any atom is 0.320 e. The maximum absolute atomic E-state index is 11.6. The summed E-state index contributed by atoms with van der Waals surface area (Å²) >= 11 is 11.5. The van der Waals surface area contributed by atoms with Gasteiger partial charge in [0.25, 0.3) is 0 Å². The highest BCUT2D eigenvalue weighted by Gasteiger charge is 2.19. The van der Waals surface area contributed by atoms with E-state index in [9.17, 15) is 9.59 Å². The van der Waals surface area contributed by atoms with Crippen molar-refractivity contribution in [1.29, 1.82) is 0 Å². The molecule has 0 radical (unpaired) electrons. The lowest BCUT2D eigenvalue weighted by Crippen LogP contribution is -2.32. The largest absolute Gasteiger partial charge is 0.480 e. The Hall–Kier alpha value is -1.10. The highest BCUT2D eigenvalue weighted by molar-refractivity contribution is 6.36. The van der Waals surface area contributed by atoms with Gasteiger partial charge < -0.3 is 10.8 Å². The molecule has 16 heavy (non-hydrogen) atoms. The first-order valence-electron chi connectivity index (χ1n) is 4.38. The molecule has 0 amide bonds. The standard InChI is InChI=1S/C10H9Cl2NO3/c11-5-1-2-6(7(12)3-5)9(14)4-8(13)10(15)16/h1-3,8H,4,13H2,(H,15,16). The molecule has 0 saturated heterocycles. The number of hydrogen-bond acceptors (Lipinski definition) is 3. The van der Waals surface area contributed by atoms with Crippen molar-refractivity contribution in [2.45, 2.75) is 12.5 Å². The van der Waals surface area contributed by atoms with E-state index in [-0.39, 0.29) is 17.0 Å². The van der Waals surface area contributed by atoms with Crippen molar-refractivity contribution >= 4 is 35.0 Å². The Morgan fingerprint density at radius 3 is 2.50 bits per heavy atom. The molecule has 4 nitrogen and oxygen atoms in total. The fourth-order valence-electron chi connectivity index (χ4n) is 1.11. The number of halogens is 2. The summed E-state index contributed by atoms with van der Waals surface area (Å²) < 4.78 is 0. The van der Waals surface area contributed by atoms with Gasteiger partial charge in [0, 0.05) is 17.0 Å². The summed E-state index contributed by atoms with van der Waals surface area (Å²) in [6.45, 7) is 0. The van der Waals surface area contributed by atoms with Gasteiger partial charge in [0.2, 0.25) is 0 Å². The first-order chi connectivity index (χ1) is 7.41. The average molecular weight is 262 g/mol. The van der Waals surface area contributed by atoms with E-state index in [0.717, 1.165) is 0 Å². The minimum absolute atomic E-state index is 0.190. The molecule has 0 aromatic heterocycles. The molecular formula is C10H9Cl2NO3. The summed E-state index contributed by atoms with van der Waals surface area (Å²) in [5, 5.41) is 9.16. The average Bonchev–Trinajstić information content (AvgIpc) is 2.16. The van der Waals surface area contributed by atoms with E-state index in [1.54, 1.807) is 0 Å². The molecule has 6 heteroatoms. The van der Waals surface area contributed by atoms with Crippen molar-refractivity contribution in [3.63, 3.8) is 0 Å². The van der Waals surface area contributed by atoms with Crippen LogP contribution in [0.1, 0.15) is 16.8 Å². The first-order valence-corrected chi connectivity index (χ1v) is 5.14. The predicted octanol–water partition coefficient (Wildman–Crippen LogP) is 1.98. The fraction of sp³-hybridized carbons (Fsp3) is 0.200. The van der Waals surface area contributed by atoms with Crippen LogP contribution in [0.4, 0.5) is 0 Å². The van der Waals surface area contributed by atoms with Crippen LogP contribution in [0.5, 0.6) is 0 Å². The predicted molar refractivity (Wildman–Crippen MR) is 61.0 cm³/mol. The quantitative estimate of drug-likeness (QED) is 0.813. The Morgan fingerprint density at radius 1 is 1.38 bits per heavy atom. The monoisotopic (exact) mass is 261 g/mol. The van der Waals surface area contributed by atoms with Crippen LogP contribution in [-0.4, -0.2) is 22.9 Å².